The summed E-state index contributed by atoms with van der Waals surface area (Å²) in [6, 6.07) is 15.6. The first-order chi connectivity index (χ1) is 11.6. The van der Waals surface area contributed by atoms with E-state index in [1.807, 2.05) is 49.4 Å². The smallest absolute Gasteiger partial charge is 0.207 e. The summed E-state index contributed by atoms with van der Waals surface area (Å²) in [6.45, 7) is 2.03. The molecule has 3 rings (SSSR count). The Labute approximate surface area is 144 Å². The minimum atomic E-state index is -1.05. The van der Waals surface area contributed by atoms with Crippen LogP contribution >= 0.6 is 0 Å². The van der Waals surface area contributed by atoms with E-state index < -0.39 is 10.8 Å². The zero-order chi connectivity index (χ0) is 16.9. The van der Waals surface area contributed by atoms with Gasteiger partial charge in [-0.2, -0.15) is 0 Å². The van der Waals surface area contributed by atoms with Gasteiger partial charge < -0.3 is 9.15 Å². The van der Waals surface area contributed by atoms with Gasteiger partial charge in [-0.25, -0.2) is 4.98 Å². The molecule has 0 N–H and O–H groups in total. The largest absolute Gasteiger partial charge is 0.497 e. The Balaban J connectivity index is 1.65. The van der Waals surface area contributed by atoms with Crippen LogP contribution in [-0.4, -0.2) is 16.3 Å². The van der Waals surface area contributed by atoms with Crippen molar-refractivity contribution in [3.05, 3.63) is 71.7 Å². The zero-order valence-corrected chi connectivity index (χ0v) is 14.5. The van der Waals surface area contributed by atoms with Gasteiger partial charge in [0.25, 0.3) is 0 Å². The van der Waals surface area contributed by atoms with Gasteiger partial charge >= 0.3 is 0 Å². The number of methoxy groups -OCH3 is 1. The molecular weight excluding hydrogens is 322 g/mol. The summed E-state index contributed by atoms with van der Waals surface area (Å²) in [6.07, 6.45) is 1.67. The van der Waals surface area contributed by atoms with Crippen molar-refractivity contribution in [2.45, 2.75) is 18.4 Å². The lowest BCUT2D eigenvalue weighted by molar-refractivity contribution is 0.415. The predicted molar refractivity (Wildman–Crippen MR) is 95.2 cm³/mol. The molecule has 0 spiro atoms. The second-order valence-electron chi connectivity index (χ2n) is 5.56. The molecule has 0 radical (unpaired) electrons. The van der Waals surface area contributed by atoms with Crippen LogP contribution in [0, 0.1) is 6.92 Å². The van der Waals surface area contributed by atoms with E-state index in [1.165, 1.54) is 5.56 Å². The van der Waals surface area contributed by atoms with Crippen LogP contribution in [-0.2, 0) is 22.3 Å². The molecule has 0 aliphatic heterocycles. The van der Waals surface area contributed by atoms with E-state index in [4.69, 9.17) is 9.15 Å². The van der Waals surface area contributed by atoms with Gasteiger partial charge in [-0.3, -0.25) is 4.21 Å². The number of nitrogens with zero attached hydrogens (tertiary/aromatic N) is 1. The number of hydrogen-bond donors (Lipinski definition) is 0. The van der Waals surface area contributed by atoms with Crippen LogP contribution in [0.25, 0.3) is 11.3 Å². The minimum absolute atomic E-state index is 0.310. The number of ether oxygens (including phenoxy) is 1. The fourth-order valence-electron chi connectivity index (χ4n) is 2.44. The Morgan fingerprint density at radius 1 is 1.12 bits per heavy atom. The van der Waals surface area contributed by atoms with Crippen LogP contribution in [0.3, 0.4) is 0 Å². The lowest BCUT2D eigenvalue weighted by atomic mass is 10.2. The van der Waals surface area contributed by atoms with Crippen LogP contribution in [0.5, 0.6) is 5.75 Å². The van der Waals surface area contributed by atoms with Crippen molar-refractivity contribution in [2.24, 2.45) is 0 Å². The van der Waals surface area contributed by atoms with Crippen molar-refractivity contribution in [2.75, 3.05) is 7.11 Å². The van der Waals surface area contributed by atoms with E-state index in [0.717, 1.165) is 16.9 Å². The highest BCUT2D eigenvalue weighted by Gasteiger charge is 2.11. The molecule has 0 saturated carbocycles. The normalized spacial score (nSPS) is 12.1. The first kappa shape index (κ1) is 16.5. The topological polar surface area (TPSA) is 52.3 Å². The second-order valence-corrected chi connectivity index (χ2v) is 7.02. The van der Waals surface area contributed by atoms with Crippen molar-refractivity contribution in [3.8, 4) is 17.1 Å². The standard InChI is InChI=1S/C19H19NO3S/c1-14-4-3-5-15(10-14)12-24(21)13-19-20-11-18(23-19)16-6-8-17(22-2)9-7-16/h3-11H,12-13H2,1-2H3/t24-/m0/s1. The molecule has 5 heteroatoms. The molecule has 0 fully saturated rings. The summed E-state index contributed by atoms with van der Waals surface area (Å²) in [5.74, 6) is 2.76. The summed E-state index contributed by atoms with van der Waals surface area (Å²) in [5.41, 5.74) is 3.15. The maximum atomic E-state index is 12.3. The highest BCUT2D eigenvalue weighted by atomic mass is 32.2. The van der Waals surface area contributed by atoms with Crippen LogP contribution in [0.2, 0.25) is 0 Å². The van der Waals surface area contributed by atoms with Gasteiger partial charge in [0.05, 0.1) is 13.3 Å². The number of hydrogen-bond acceptors (Lipinski definition) is 4. The number of aryl methyl sites for hydroxylation is 1. The third-order valence-electron chi connectivity index (χ3n) is 3.62. The Bertz CT molecular complexity index is 840. The second kappa shape index (κ2) is 7.45. The molecule has 0 saturated heterocycles. The molecule has 3 aromatic rings. The van der Waals surface area contributed by atoms with Crippen LogP contribution < -0.4 is 4.74 Å². The highest BCUT2D eigenvalue weighted by Crippen LogP contribution is 2.23. The van der Waals surface area contributed by atoms with Gasteiger partial charge in [0.15, 0.2) is 5.76 Å². The monoisotopic (exact) mass is 341 g/mol. The number of oxazole rings is 1. The maximum absolute atomic E-state index is 12.3. The van der Waals surface area contributed by atoms with Crippen molar-refractivity contribution in [1.29, 1.82) is 0 Å². The van der Waals surface area contributed by atoms with Gasteiger partial charge in [0.2, 0.25) is 5.89 Å². The minimum Gasteiger partial charge on any atom is -0.497 e. The van der Waals surface area contributed by atoms with Gasteiger partial charge in [-0.15, -0.1) is 0 Å². The Hall–Kier alpha value is -2.40. The van der Waals surface area contributed by atoms with Crippen molar-refractivity contribution >= 4 is 10.8 Å². The third-order valence-corrected chi connectivity index (χ3v) is 4.85. The predicted octanol–water partition coefficient (Wildman–Crippen LogP) is 4.11. The van der Waals surface area contributed by atoms with Gasteiger partial charge in [-0.1, -0.05) is 29.8 Å². The van der Waals surface area contributed by atoms with Gasteiger partial charge in [0.1, 0.15) is 11.5 Å². The van der Waals surface area contributed by atoms with Crippen molar-refractivity contribution in [1.82, 2.24) is 4.98 Å². The molecule has 1 atom stereocenters. The first-order valence-electron chi connectivity index (χ1n) is 7.63. The van der Waals surface area contributed by atoms with E-state index in [0.29, 0.717) is 23.2 Å². The summed E-state index contributed by atoms with van der Waals surface area (Å²) in [5, 5.41) is 0. The first-order valence-corrected chi connectivity index (χ1v) is 9.12. The summed E-state index contributed by atoms with van der Waals surface area (Å²) in [7, 11) is 0.575. The van der Waals surface area contributed by atoms with E-state index in [9.17, 15) is 4.21 Å². The molecule has 124 valence electrons. The Morgan fingerprint density at radius 2 is 1.92 bits per heavy atom. The molecule has 1 aromatic heterocycles. The summed E-state index contributed by atoms with van der Waals surface area (Å²) in [4.78, 5) is 4.24. The van der Waals surface area contributed by atoms with Gasteiger partial charge in [0, 0.05) is 22.1 Å². The van der Waals surface area contributed by atoms with Crippen molar-refractivity contribution < 1.29 is 13.4 Å². The van der Waals surface area contributed by atoms with E-state index in [-0.39, 0.29) is 0 Å². The fourth-order valence-corrected chi connectivity index (χ4v) is 3.50. The number of aromatic nitrogens is 1. The van der Waals surface area contributed by atoms with Gasteiger partial charge in [-0.05, 0) is 36.8 Å². The molecule has 0 amide bonds. The molecular formula is C19H19NO3S. The number of benzene rings is 2. The Morgan fingerprint density at radius 3 is 2.62 bits per heavy atom. The van der Waals surface area contributed by atoms with Crippen molar-refractivity contribution in [3.63, 3.8) is 0 Å². The SMILES string of the molecule is COc1ccc(-c2cnc(C[S@@](=O)Cc3cccc(C)c3)o2)cc1. The molecule has 0 bridgehead atoms. The van der Waals surface area contributed by atoms with E-state index in [2.05, 4.69) is 11.1 Å². The fraction of sp³-hybridized carbons (Fsp3) is 0.211. The Kier molecular flexibility index (Phi) is 5.11. The molecule has 0 aliphatic carbocycles. The summed E-state index contributed by atoms with van der Waals surface area (Å²) < 4.78 is 23.2. The molecule has 24 heavy (non-hydrogen) atoms. The highest BCUT2D eigenvalue weighted by molar-refractivity contribution is 7.83. The lowest BCUT2D eigenvalue weighted by Gasteiger charge is -2.02. The molecule has 0 aliphatic rings. The average molecular weight is 341 g/mol. The quantitative estimate of drug-likeness (QED) is 0.677. The lowest BCUT2D eigenvalue weighted by Crippen LogP contribution is -1.99. The van der Waals surface area contributed by atoms with Crippen LogP contribution in [0.15, 0.2) is 59.1 Å². The summed E-state index contributed by atoms with van der Waals surface area (Å²) >= 11 is 0. The van der Waals surface area contributed by atoms with Crippen LogP contribution in [0.4, 0.5) is 0 Å². The number of rotatable bonds is 6. The zero-order valence-electron chi connectivity index (χ0n) is 13.7. The van der Waals surface area contributed by atoms with E-state index in [1.54, 1.807) is 13.3 Å². The third kappa shape index (κ3) is 4.11. The maximum Gasteiger partial charge on any atom is 0.207 e. The molecule has 0 unspecified atom stereocenters. The van der Waals surface area contributed by atoms with E-state index >= 15 is 0 Å². The molecule has 2 aromatic carbocycles. The molecule has 4 nitrogen and oxygen atoms in total. The van der Waals surface area contributed by atoms with Crippen LogP contribution in [0.1, 0.15) is 17.0 Å². The average Bonchev–Trinajstić information content (AvgIpc) is 3.03. The molecule has 1 heterocycles.